The van der Waals surface area contributed by atoms with Gasteiger partial charge in [-0.2, -0.15) is 10.5 Å². The molecule has 2 nitrogen and oxygen atoms in total. The summed E-state index contributed by atoms with van der Waals surface area (Å²) in [5.41, 5.74) is 3.74. The number of benzene rings is 2. The van der Waals surface area contributed by atoms with Gasteiger partial charge in [0.25, 0.3) is 0 Å². The van der Waals surface area contributed by atoms with Gasteiger partial charge in [-0.3, -0.25) is 0 Å². The van der Waals surface area contributed by atoms with Gasteiger partial charge in [-0.1, -0.05) is 79.2 Å². The normalized spacial score (nSPS) is 18.1. The Morgan fingerprint density at radius 1 is 0.923 bits per heavy atom. The van der Waals surface area contributed by atoms with Crippen LogP contribution in [-0.2, 0) is 0 Å². The molecule has 2 unspecified atom stereocenters. The van der Waals surface area contributed by atoms with Crippen LogP contribution in [0.5, 0.6) is 0 Å². The van der Waals surface area contributed by atoms with Crippen molar-refractivity contribution < 1.29 is 0 Å². The lowest BCUT2D eigenvalue weighted by Gasteiger charge is -2.31. The Hall–Kier alpha value is -3.10. The first kappa shape index (κ1) is 17.7. The summed E-state index contributed by atoms with van der Waals surface area (Å²) in [7, 11) is 0. The molecule has 0 amide bonds. The third-order valence-corrected chi connectivity index (χ3v) is 5.12. The van der Waals surface area contributed by atoms with Gasteiger partial charge in [0, 0.05) is 5.92 Å². The van der Waals surface area contributed by atoms with Crippen molar-refractivity contribution in [2.24, 2.45) is 5.92 Å². The molecule has 0 aliphatic heterocycles. The van der Waals surface area contributed by atoms with E-state index in [0.717, 1.165) is 36.8 Å². The predicted octanol–water partition coefficient (Wildman–Crippen LogP) is 6.02. The van der Waals surface area contributed by atoms with Crippen molar-refractivity contribution >= 4 is 6.08 Å². The lowest BCUT2D eigenvalue weighted by atomic mass is 9.72. The Bertz CT molecular complexity index is 848. The van der Waals surface area contributed by atoms with E-state index in [2.05, 4.69) is 60.7 Å². The summed E-state index contributed by atoms with van der Waals surface area (Å²) in [6.07, 6.45) is 8.46. The molecule has 0 saturated heterocycles. The van der Waals surface area contributed by atoms with Gasteiger partial charge in [0.2, 0.25) is 0 Å². The van der Waals surface area contributed by atoms with E-state index in [9.17, 15) is 10.5 Å². The highest BCUT2D eigenvalue weighted by Gasteiger charge is 2.29. The molecule has 2 aromatic carbocycles. The van der Waals surface area contributed by atoms with Gasteiger partial charge >= 0.3 is 0 Å². The molecule has 1 aliphatic carbocycles. The molecular formula is C24H22N2. The van der Waals surface area contributed by atoms with Crippen LogP contribution < -0.4 is 0 Å². The molecule has 0 bridgehead atoms. The molecule has 128 valence electrons. The summed E-state index contributed by atoms with van der Waals surface area (Å²) >= 11 is 0. The lowest BCUT2D eigenvalue weighted by molar-refractivity contribution is 0.420. The topological polar surface area (TPSA) is 47.6 Å². The van der Waals surface area contributed by atoms with Gasteiger partial charge in [0.15, 0.2) is 0 Å². The van der Waals surface area contributed by atoms with Crippen LogP contribution in [0.3, 0.4) is 0 Å². The van der Waals surface area contributed by atoms with E-state index >= 15 is 0 Å². The van der Waals surface area contributed by atoms with Crippen LogP contribution >= 0.6 is 0 Å². The molecule has 0 heterocycles. The van der Waals surface area contributed by atoms with Gasteiger partial charge in [-0.25, -0.2) is 0 Å². The summed E-state index contributed by atoms with van der Waals surface area (Å²) < 4.78 is 0. The van der Waals surface area contributed by atoms with Crippen molar-refractivity contribution in [1.82, 2.24) is 0 Å². The van der Waals surface area contributed by atoms with Gasteiger partial charge < -0.3 is 0 Å². The minimum atomic E-state index is 0.170. The van der Waals surface area contributed by atoms with Crippen molar-refractivity contribution in [3.8, 4) is 12.1 Å². The molecule has 3 rings (SSSR count). The quantitative estimate of drug-likeness (QED) is 0.640. The first-order valence-electron chi connectivity index (χ1n) is 9.15. The monoisotopic (exact) mass is 338 g/mol. The average molecular weight is 338 g/mol. The van der Waals surface area contributed by atoms with Crippen LogP contribution in [0.25, 0.3) is 6.08 Å². The van der Waals surface area contributed by atoms with Gasteiger partial charge in [-0.15, -0.1) is 0 Å². The lowest BCUT2D eigenvalue weighted by Crippen LogP contribution is -2.19. The predicted molar refractivity (Wildman–Crippen MR) is 105 cm³/mol. The fourth-order valence-electron chi connectivity index (χ4n) is 3.85. The smallest absolute Gasteiger partial charge is 0.129 e. The second-order valence-electron chi connectivity index (χ2n) is 6.68. The summed E-state index contributed by atoms with van der Waals surface area (Å²) in [6, 6.07) is 24.9. The Balaban J connectivity index is 2.02. The standard InChI is InChI=1S/C24H22N2/c25-17-21(18-26)22-13-7-8-14-24(22)23(20-11-5-2-6-12-20)16-15-19-9-3-1-4-10-19/h1-6,9-12,15-16,23-24H,7-8,13-14H2/b16-15+. The first-order chi connectivity index (χ1) is 12.8. The molecular weight excluding hydrogens is 316 g/mol. The zero-order valence-corrected chi connectivity index (χ0v) is 14.8. The number of rotatable bonds is 4. The fraction of sp³-hybridized carbons (Fsp3) is 0.250. The number of nitriles is 2. The van der Waals surface area contributed by atoms with Crippen LogP contribution in [0, 0.1) is 28.6 Å². The van der Waals surface area contributed by atoms with Crippen LogP contribution in [-0.4, -0.2) is 0 Å². The molecule has 2 aromatic rings. The molecule has 0 radical (unpaired) electrons. The molecule has 2 heteroatoms. The summed E-state index contributed by atoms with van der Waals surface area (Å²) in [4.78, 5) is 0. The molecule has 0 aromatic heterocycles. The average Bonchev–Trinajstić information content (AvgIpc) is 2.72. The maximum atomic E-state index is 9.41. The minimum Gasteiger partial charge on any atom is -0.192 e. The van der Waals surface area contributed by atoms with Crippen molar-refractivity contribution in [1.29, 1.82) is 10.5 Å². The maximum Gasteiger partial charge on any atom is 0.129 e. The molecule has 1 aliphatic rings. The Labute approximate surface area is 155 Å². The molecule has 2 atom stereocenters. The van der Waals surface area contributed by atoms with Gasteiger partial charge in [0.05, 0.1) is 0 Å². The Morgan fingerprint density at radius 2 is 1.58 bits per heavy atom. The number of allylic oxidation sites excluding steroid dienone is 3. The summed E-state index contributed by atoms with van der Waals surface area (Å²) in [5.74, 6) is 0.379. The van der Waals surface area contributed by atoms with Crippen LogP contribution in [0.15, 0.2) is 77.9 Å². The highest BCUT2D eigenvalue weighted by atomic mass is 14.4. The highest BCUT2D eigenvalue weighted by molar-refractivity contribution is 5.52. The second-order valence-corrected chi connectivity index (χ2v) is 6.68. The molecule has 26 heavy (non-hydrogen) atoms. The van der Waals surface area contributed by atoms with Crippen LogP contribution in [0.1, 0.15) is 42.7 Å². The third-order valence-electron chi connectivity index (χ3n) is 5.12. The van der Waals surface area contributed by atoms with Crippen molar-refractivity contribution in [2.75, 3.05) is 0 Å². The maximum absolute atomic E-state index is 9.41. The summed E-state index contributed by atoms with van der Waals surface area (Å²) in [5, 5.41) is 18.8. The zero-order chi connectivity index (χ0) is 18.2. The Morgan fingerprint density at radius 3 is 2.23 bits per heavy atom. The van der Waals surface area contributed by atoms with Crippen molar-refractivity contribution in [2.45, 2.75) is 31.6 Å². The second kappa shape index (κ2) is 8.84. The molecule has 1 fully saturated rings. The van der Waals surface area contributed by atoms with E-state index in [1.807, 2.05) is 24.3 Å². The first-order valence-corrected chi connectivity index (χ1v) is 9.15. The minimum absolute atomic E-state index is 0.170. The van der Waals surface area contributed by atoms with E-state index in [4.69, 9.17) is 0 Å². The van der Waals surface area contributed by atoms with E-state index in [0.29, 0.717) is 5.57 Å². The van der Waals surface area contributed by atoms with Crippen LogP contribution in [0.4, 0.5) is 0 Å². The van der Waals surface area contributed by atoms with E-state index in [1.54, 1.807) is 0 Å². The van der Waals surface area contributed by atoms with E-state index < -0.39 is 0 Å². The molecule has 0 spiro atoms. The van der Waals surface area contributed by atoms with Gasteiger partial charge in [-0.05, 0) is 41.9 Å². The highest BCUT2D eigenvalue weighted by Crippen LogP contribution is 2.42. The molecule has 1 saturated carbocycles. The zero-order valence-electron chi connectivity index (χ0n) is 14.8. The number of hydrogen-bond acceptors (Lipinski definition) is 2. The van der Waals surface area contributed by atoms with Crippen molar-refractivity contribution in [3.05, 3.63) is 89.0 Å². The van der Waals surface area contributed by atoms with E-state index in [1.165, 1.54) is 5.56 Å². The molecule has 0 N–H and O–H groups in total. The SMILES string of the molecule is N#CC(C#N)=C1CCCCC1C(/C=C/c1ccccc1)c1ccccc1. The van der Waals surface area contributed by atoms with E-state index in [-0.39, 0.29) is 11.8 Å². The number of hydrogen-bond donors (Lipinski definition) is 0. The van der Waals surface area contributed by atoms with Gasteiger partial charge in [0.1, 0.15) is 17.7 Å². The number of nitrogens with zero attached hydrogens (tertiary/aromatic N) is 2. The largest absolute Gasteiger partial charge is 0.192 e. The fourth-order valence-corrected chi connectivity index (χ4v) is 3.85. The summed E-state index contributed by atoms with van der Waals surface area (Å²) in [6.45, 7) is 0. The van der Waals surface area contributed by atoms with Crippen molar-refractivity contribution in [3.63, 3.8) is 0 Å². The third kappa shape index (κ3) is 4.11. The Kier molecular flexibility index (Phi) is 6.02. The van der Waals surface area contributed by atoms with Crippen LogP contribution in [0.2, 0.25) is 0 Å².